The normalized spacial score (nSPS) is 10.8. The molecule has 0 radical (unpaired) electrons. The smallest absolute Gasteiger partial charge is 0.328 e. The fourth-order valence-electron chi connectivity index (χ4n) is 0.788. The van der Waals surface area contributed by atoms with Gasteiger partial charge in [-0.25, -0.2) is 4.79 Å². The van der Waals surface area contributed by atoms with E-state index in [1.807, 2.05) is 5.32 Å². The van der Waals surface area contributed by atoms with E-state index in [9.17, 15) is 14.4 Å². The van der Waals surface area contributed by atoms with Crippen LogP contribution in [0.5, 0.6) is 0 Å². The third kappa shape index (κ3) is 4.95. The predicted molar refractivity (Wildman–Crippen MR) is 52.9 cm³/mol. The molecule has 0 saturated carbocycles. The average molecular weight is 227 g/mol. The molecule has 0 rings (SSSR count). The largest absolute Gasteiger partial charge is 0.464 e. The summed E-state index contributed by atoms with van der Waals surface area (Å²) < 4.78 is 4.63. The Morgan fingerprint density at radius 2 is 2.00 bits per heavy atom. The number of rotatable bonds is 4. The van der Waals surface area contributed by atoms with Crippen LogP contribution in [0.1, 0.15) is 13.8 Å². The lowest BCUT2D eigenvalue weighted by atomic mass is 10.3. The van der Waals surface area contributed by atoms with Crippen molar-refractivity contribution < 1.29 is 19.1 Å². The van der Waals surface area contributed by atoms with Gasteiger partial charge in [-0.05, 0) is 13.8 Å². The first-order valence-electron chi connectivity index (χ1n) is 4.65. The second-order valence-corrected chi connectivity index (χ2v) is 2.79. The Kier molecular flexibility index (Phi) is 6.28. The van der Waals surface area contributed by atoms with Gasteiger partial charge in [0.15, 0.2) is 0 Å². The summed E-state index contributed by atoms with van der Waals surface area (Å²) in [6.07, 6.45) is 0. The summed E-state index contributed by atoms with van der Waals surface area (Å²) in [5.74, 6) is -2.56. The molecule has 16 heavy (non-hydrogen) atoms. The van der Waals surface area contributed by atoms with E-state index in [4.69, 9.17) is 5.26 Å². The minimum Gasteiger partial charge on any atom is -0.464 e. The van der Waals surface area contributed by atoms with Crippen LogP contribution in [0.4, 0.5) is 0 Å². The summed E-state index contributed by atoms with van der Waals surface area (Å²) in [4.78, 5) is 33.2. The van der Waals surface area contributed by atoms with Crippen LogP contribution in [-0.4, -0.2) is 37.0 Å². The van der Waals surface area contributed by atoms with Crippen molar-refractivity contribution in [3.8, 4) is 6.07 Å². The van der Waals surface area contributed by atoms with E-state index in [1.54, 1.807) is 13.0 Å². The maximum absolute atomic E-state index is 11.1. The summed E-state index contributed by atoms with van der Waals surface area (Å²) in [5.41, 5.74) is 0. The van der Waals surface area contributed by atoms with Gasteiger partial charge in [-0.3, -0.25) is 9.59 Å². The molecule has 0 aliphatic carbocycles. The summed E-state index contributed by atoms with van der Waals surface area (Å²) in [6.45, 7) is 2.96. The zero-order valence-electron chi connectivity index (χ0n) is 9.07. The van der Waals surface area contributed by atoms with Crippen LogP contribution in [-0.2, 0) is 19.1 Å². The average Bonchev–Trinajstić information content (AvgIpc) is 2.25. The molecule has 0 aliphatic heterocycles. The number of nitrogens with zero attached hydrogens (tertiary/aromatic N) is 1. The monoisotopic (exact) mass is 227 g/mol. The van der Waals surface area contributed by atoms with E-state index in [0.717, 1.165) is 0 Å². The number of amides is 2. The van der Waals surface area contributed by atoms with Crippen LogP contribution >= 0.6 is 0 Å². The highest BCUT2D eigenvalue weighted by Gasteiger charge is 2.20. The van der Waals surface area contributed by atoms with Crippen molar-refractivity contribution >= 4 is 17.8 Å². The highest BCUT2D eigenvalue weighted by Crippen LogP contribution is 1.87. The fraction of sp³-hybridized carbons (Fsp3) is 0.556. The SMILES string of the molecule is CCOC(=O)C(C)NC(=O)C(=O)NCC#N. The van der Waals surface area contributed by atoms with Crippen LogP contribution in [0.15, 0.2) is 0 Å². The minimum atomic E-state index is -0.976. The Morgan fingerprint density at radius 1 is 1.38 bits per heavy atom. The molecule has 2 amide bonds. The van der Waals surface area contributed by atoms with Gasteiger partial charge in [0.2, 0.25) is 0 Å². The van der Waals surface area contributed by atoms with Gasteiger partial charge in [-0.1, -0.05) is 0 Å². The van der Waals surface area contributed by atoms with Gasteiger partial charge in [-0.15, -0.1) is 0 Å². The van der Waals surface area contributed by atoms with Crippen LogP contribution < -0.4 is 10.6 Å². The highest BCUT2D eigenvalue weighted by molar-refractivity contribution is 6.35. The molecule has 1 unspecified atom stereocenters. The van der Waals surface area contributed by atoms with E-state index in [2.05, 4.69) is 10.1 Å². The second kappa shape index (κ2) is 7.23. The van der Waals surface area contributed by atoms with Crippen LogP contribution in [0.2, 0.25) is 0 Å². The van der Waals surface area contributed by atoms with Crippen molar-refractivity contribution in [2.75, 3.05) is 13.2 Å². The van der Waals surface area contributed by atoms with Crippen molar-refractivity contribution in [2.24, 2.45) is 0 Å². The minimum absolute atomic E-state index is 0.194. The number of hydrogen-bond donors (Lipinski definition) is 2. The zero-order chi connectivity index (χ0) is 12.6. The van der Waals surface area contributed by atoms with Crippen molar-refractivity contribution in [1.82, 2.24) is 10.6 Å². The van der Waals surface area contributed by atoms with Crippen LogP contribution in [0.3, 0.4) is 0 Å². The second-order valence-electron chi connectivity index (χ2n) is 2.79. The van der Waals surface area contributed by atoms with Gasteiger partial charge >= 0.3 is 17.8 Å². The molecule has 0 aliphatic rings. The molecule has 0 aromatic heterocycles. The van der Waals surface area contributed by atoms with Crippen molar-refractivity contribution in [3.05, 3.63) is 0 Å². The zero-order valence-corrected chi connectivity index (χ0v) is 9.07. The van der Waals surface area contributed by atoms with Gasteiger partial charge in [-0.2, -0.15) is 5.26 Å². The molecular weight excluding hydrogens is 214 g/mol. The quantitative estimate of drug-likeness (QED) is 0.352. The summed E-state index contributed by atoms with van der Waals surface area (Å²) in [7, 11) is 0. The van der Waals surface area contributed by atoms with E-state index in [1.165, 1.54) is 6.92 Å². The lowest BCUT2D eigenvalue weighted by molar-refractivity contribution is -0.148. The lowest BCUT2D eigenvalue weighted by Crippen LogP contribution is -2.46. The Bertz CT molecular complexity index is 321. The molecule has 2 N–H and O–H groups in total. The number of carbonyl (C=O) groups is 3. The molecule has 0 heterocycles. The summed E-state index contributed by atoms with van der Waals surface area (Å²) >= 11 is 0. The van der Waals surface area contributed by atoms with E-state index in [0.29, 0.717) is 0 Å². The van der Waals surface area contributed by atoms with Crippen molar-refractivity contribution in [1.29, 1.82) is 5.26 Å². The number of nitriles is 1. The van der Waals surface area contributed by atoms with Gasteiger partial charge in [0, 0.05) is 0 Å². The van der Waals surface area contributed by atoms with Gasteiger partial charge in [0.25, 0.3) is 0 Å². The number of esters is 1. The van der Waals surface area contributed by atoms with E-state index >= 15 is 0 Å². The molecule has 0 bridgehead atoms. The van der Waals surface area contributed by atoms with Crippen molar-refractivity contribution in [3.63, 3.8) is 0 Å². The first-order chi connectivity index (χ1) is 7.52. The molecule has 7 heteroatoms. The standard InChI is InChI=1S/C9H13N3O4/c1-3-16-9(15)6(2)12-8(14)7(13)11-5-4-10/h6H,3,5H2,1-2H3,(H,11,13)(H,12,14). The Hall–Kier alpha value is -2.10. The lowest BCUT2D eigenvalue weighted by Gasteiger charge is -2.11. The van der Waals surface area contributed by atoms with Gasteiger partial charge < -0.3 is 15.4 Å². The maximum Gasteiger partial charge on any atom is 0.328 e. The number of ether oxygens (including phenoxy) is 1. The first-order valence-corrected chi connectivity index (χ1v) is 4.65. The molecule has 0 spiro atoms. The molecule has 7 nitrogen and oxygen atoms in total. The fourth-order valence-corrected chi connectivity index (χ4v) is 0.788. The third-order valence-electron chi connectivity index (χ3n) is 1.52. The van der Waals surface area contributed by atoms with E-state index < -0.39 is 23.8 Å². The number of nitrogens with one attached hydrogen (secondary N) is 2. The van der Waals surface area contributed by atoms with Gasteiger partial charge in [0.05, 0.1) is 12.7 Å². The number of hydrogen-bond acceptors (Lipinski definition) is 5. The molecule has 0 fully saturated rings. The van der Waals surface area contributed by atoms with Crippen LogP contribution in [0.25, 0.3) is 0 Å². The van der Waals surface area contributed by atoms with Crippen LogP contribution in [0, 0.1) is 11.3 Å². The molecule has 1 atom stereocenters. The summed E-state index contributed by atoms with van der Waals surface area (Å²) in [5, 5.41) is 12.3. The highest BCUT2D eigenvalue weighted by atomic mass is 16.5. The topological polar surface area (TPSA) is 108 Å². The Labute approximate surface area is 92.7 Å². The van der Waals surface area contributed by atoms with Crippen molar-refractivity contribution in [2.45, 2.75) is 19.9 Å². The molecule has 88 valence electrons. The Morgan fingerprint density at radius 3 is 2.50 bits per heavy atom. The maximum atomic E-state index is 11.1. The molecular formula is C9H13N3O4. The first kappa shape index (κ1) is 13.9. The summed E-state index contributed by atoms with van der Waals surface area (Å²) in [6, 6.07) is 0.744. The Balaban J connectivity index is 4.09. The third-order valence-corrected chi connectivity index (χ3v) is 1.52. The van der Waals surface area contributed by atoms with Gasteiger partial charge in [0.1, 0.15) is 12.6 Å². The number of carbonyl (C=O) groups excluding carboxylic acids is 3. The molecule has 0 aromatic carbocycles. The molecule has 0 aromatic rings. The predicted octanol–water partition coefficient (Wildman–Crippen LogP) is -1.31. The molecule has 0 saturated heterocycles. The van der Waals surface area contributed by atoms with E-state index in [-0.39, 0.29) is 13.2 Å².